The molecule has 0 amide bonds. The molecule has 1 saturated heterocycles. The molecule has 1 N–H and O–H groups in total. The lowest BCUT2D eigenvalue weighted by Crippen LogP contribution is -2.47. The second-order valence-corrected chi connectivity index (χ2v) is 6.65. The highest BCUT2D eigenvalue weighted by atomic mass is 16.7. The number of hydrogen-bond donors (Lipinski definition) is 1. The number of benzene rings is 1. The average molecular weight is 344 g/mol. The minimum atomic E-state index is -0.803. The van der Waals surface area contributed by atoms with Crippen LogP contribution in [0.4, 0.5) is 4.79 Å². The molecule has 6 nitrogen and oxygen atoms in total. The zero-order chi connectivity index (χ0) is 18.0. The highest BCUT2D eigenvalue weighted by molar-refractivity contribution is 5.87. The number of nitrogens with one attached hydrogen (secondary N) is 1. The maximum absolute atomic E-state index is 11.9. The number of Topliss-reactive ketones (excluding diaryl/α,β-unsaturated/α-hetero) is 1. The normalized spacial score (nSPS) is 18.5. The summed E-state index contributed by atoms with van der Waals surface area (Å²) >= 11 is 0. The average Bonchev–Trinajstić information content (AvgIpc) is 2.98. The molecule has 25 heavy (non-hydrogen) atoms. The molecule has 0 spiro atoms. The lowest BCUT2D eigenvalue weighted by atomic mass is 10.0. The largest absolute Gasteiger partial charge is 0.508 e. The fraction of sp³-hybridized carbons (Fsp3) is 0.474. The molecule has 1 unspecified atom stereocenters. The number of carbonyl (C=O) groups is 2. The van der Waals surface area contributed by atoms with Crippen LogP contribution in [0.25, 0.3) is 10.9 Å². The summed E-state index contributed by atoms with van der Waals surface area (Å²) in [5, 5.41) is 1.28. The maximum Gasteiger partial charge on any atom is 0.508 e. The molecule has 134 valence electrons. The second-order valence-electron chi connectivity index (χ2n) is 6.65. The van der Waals surface area contributed by atoms with Crippen LogP contribution in [0, 0.1) is 13.8 Å². The van der Waals surface area contributed by atoms with Crippen molar-refractivity contribution in [2.24, 2.45) is 0 Å². The van der Waals surface area contributed by atoms with Crippen LogP contribution in [0.5, 0.6) is 0 Å². The van der Waals surface area contributed by atoms with Crippen molar-refractivity contribution in [2.45, 2.75) is 32.8 Å². The Hall–Kier alpha value is -2.34. The van der Waals surface area contributed by atoms with Gasteiger partial charge in [-0.3, -0.25) is 9.69 Å². The number of methoxy groups -OCH3 is 1. The van der Waals surface area contributed by atoms with Crippen LogP contribution < -0.4 is 0 Å². The molecule has 6 heteroatoms. The maximum atomic E-state index is 11.9. The van der Waals surface area contributed by atoms with E-state index >= 15 is 0 Å². The van der Waals surface area contributed by atoms with Crippen LogP contribution in [-0.4, -0.2) is 54.7 Å². The number of piperidine rings is 1. The first-order valence-corrected chi connectivity index (χ1v) is 8.55. The molecule has 0 saturated carbocycles. The Morgan fingerprint density at radius 2 is 2.16 bits per heavy atom. The lowest BCUT2D eigenvalue weighted by Gasteiger charge is -2.30. The second kappa shape index (κ2) is 7.27. The number of aryl methyl sites for hydroxylation is 2. The third kappa shape index (κ3) is 3.85. The van der Waals surface area contributed by atoms with Crippen LogP contribution >= 0.6 is 0 Å². The molecule has 1 aromatic carbocycles. The fourth-order valence-corrected chi connectivity index (χ4v) is 3.55. The molecule has 3 rings (SSSR count). The van der Waals surface area contributed by atoms with E-state index in [1.54, 1.807) is 0 Å². The van der Waals surface area contributed by atoms with Crippen molar-refractivity contribution in [1.82, 2.24) is 9.88 Å². The van der Waals surface area contributed by atoms with Gasteiger partial charge in [0.1, 0.15) is 0 Å². The Balaban J connectivity index is 1.65. The molecule has 1 aliphatic heterocycles. The van der Waals surface area contributed by atoms with Gasteiger partial charge in [-0.25, -0.2) is 4.79 Å². The Morgan fingerprint density at radius 1 is 1.36 bits per heavy atom. The summed E-state index contributed by atoms with van der Waals surface area (Å²) in [6, 6.07) is 4.35. The van der Waals surface area contributed by atoms with Crippen molar-refractivity contribution in [3.8, 4) is 0 Å². The van der Waals surface area contributed by atoms with Gasteiger partial charge >= 0.3 is 6.16 Å². The zero-order valence-electron chi connectivity index (χ0n) is 14.9. The summed E-state index contributed by atoms with van der Waals surface area (Å²) in [6.45, 7) is 6.16. The van der Waals surface area contributed by atoms with Gasteiger partial charge < -0.3 is 14.5 Å². The van der Waals surface area contributed by atoms with Crippen molar-refractivity contribution >= 4 is 22.8 Å². The number of H-pyrrole nitrogens is 1. The number of nitrogens with zero attached hydrogens (tertiary/aromatic N) is 1. The standard InChI is InChI=1S/C19H24N2O4/c1-12-8-13(2)18-14(10-20-15(18)9-12)4-6-21-7-5-16(22)17(11-21)25-19(23)24-3/h8-10,17,20H,4-7,11H2,1-3H3. The highest BCUT2D eigenvalue weighted by Gasteiger charge is 2.30. The molecule has 1 fully saturated rings. The van der Waals surface area contributed by atoms with Crippen LogP contribution in [0.2, 0.25) is 0 Å². The fourth-order valence-electron chi connectivity index (χ4n) is 3.55. The molecule has 0 bridgehead atoms. The molecule has 0 radical (unpaired) electrons. The van der Waals surface area contributed by atoms with Gasteiger partial charge in [0.15, 0.2) is 11.9 Å². The van der Waals surface area contributed by atoms with Gasteiger partial charge in [0, 0.05) is 43.2 Å². The number of rotatable bonds is 4. The van der Waals surface area contributed by atoms with Crippen LogP contribution in [0.1, 0.15) is 23.1 Å². The van der Waals surface area contributed by atoms with E-state index in [-0.39, 0.29) is 5.78 Å². The van der Waals surface area contributed by atoms with Gasteiger partial charge in [-0.2, -0.15) is 0 Å². The van der Waals surface area contributed by atoms with Crippen molar-refractivity contribution < 1.29 is 19.1 Å². The smallest absolute Gasteiger partial charge is 0.438 e. The number of fused-ring (bicyclic) bond motifs is 1. The van der Waals surface area contributed by atoms with Crippen molar-refractivity contribution in [1.29, 1.82) is 0 Å². The van der Waals surface area contributed by atoms with Gasteiger partial charge in [0.25, 0.3) is 0 Å². The third-order valence-electron chi connectivity index (χ3n) is 4.76. The summed E-state index contributed by atoms with van der Waals surface area (Å²) < 4.78 is 9.55. The van der Waals surface area contributed by atoms with E-state index in [9.17, 15) is 9.59 Å². The van der Waals surface area contributed by atoms with E-state index in [2.05, 4.69) is 46.8 Å². The number of ketones is 1. The molecule has 2 heterocycles. The van der Waals surface area contributed by atoms with E-state index in [0.29, 0.717) is 19.5 Å². The molecule has 1 atom stereocenters. The van der Waals surface area contributed by atoms with Crippen LogP contribution in [-0.2, 0) is 20.7 Å². The lowest BCUT2D eigenvalue weighted by molar-refractivity contribution is -0.133. The van der Waals surface area contributed by atoms with Crippen molar-refractivity contribution in [2.75, 3.05) is 26.7 Å². The Bertz CT molecular complexity index is 796. The van der Waals surface area contributed by atoms with Crippen LogP contribution in [0.15, 0.2) is 18.3 Å². The first kappa shape index (κ1) is 17.5. The van der Waals surface area contributed by atoms with Crippen LogP contribution in [0.3, 0.4) is 0 Å². The van der Waals surface area contributed by atoms with E-state index < -0.39 is 12.3 Å². The van der Waals surface area contributed by atoms with E-state index in [1.165, 1.54) is 29.2 Å². The molecule has 1 aromatic heterocycles. The number of hydrogen-bond acceptors (Lipinski definition) is 5. The summed E-state index contributed by atoms with van der Waals surface area (Å²) in [5.74, 6) is -0.0416. The Labute approximate surface area is 147 Å². The number of aromatic nitrogens is 1. The Kier molecular flexibility index (Phi) is 5.08. The van der Waals surface area contributed by atoms with Gasteiger partial charge in [-0.15, -0.1) is 0 Å². The summed E-state index contributed by atoms with van der Waals surface area (Å²) in [7, 11) is 1.24. The SMILES string of the molecule is COC(=O)OC1CN(CCc2c[nH]c3cc(C)cc(C)c23)CCC1=O. The quantitative estimate of drug-likeness (QED) is 0.864. The van der Waals surface area contributed by atoms with Gasteiger partial charge in [0.2, 0.25) is 0 Å². The van der Waals surface area contributed by atoms with Crippen molar-refractivity contribution in [3.63, 3.8) is 0 Å². The predicted octanol–water partition coefficient (Wildman–Crippen LogP) is 2.75. The molecule has 1 aliphatic rings. The van der Waals surface area contributed by atoms with Gasteiger partial charge in [-0.1, -0.05) is 6.07 Å². The first-order chi connectivity index (χ1) is 12.0. The van der Waals surface area contributed by atoms with E-state index in [4.69, 9.17) is 4.74 Å². The molecule has 0 aliphatic carbocycles. The molecular weight excluding hydrogens is 320 g/mol. The number of ether oxygens (including phenoxy) is 2. The Morgan fingerprint density at radius 3 is 2.92 bits per heavy atom. The number of carbonyl (C=O) groups excluding carboxylic acids is 2. The minimum absolute atomic E-state index is 0.0416. The van der Waals surface area contributed by atoms with Gasteiger partial charge in [-0.05, 0) is 43.0 Å². The summed E-state index contributed by atoms with van der Waals surface area (Å²) in [4.78, 5) is 28.7. The van der Waals surface area contributed by atoms with E-state index in [1.807, 2.05) is 0 Å². The zero-order valence-corrected chi connectivity index (χ0v) is 14.9. The minimum Gasteiger partial charge on any atom is -0.438 e. The number of likely N-dealkylation sites (tertiary alicyclic amines) is 1. The first-order valence-electron chi connectivity index (χ1n) is 8.55. The summed E-state index contributed by atoms with van der Waals surface area (Å²) in [6.07, 6.45) is 1.81. The molecular formula is C19H24N2O4. The van der Waals surface area contributed by atoms with E-state index in [0.717, 1.165) is 18.5 Å². The third-order valence-corrected chi connectivity index (χ3v) is 4.76. The van der Waals surface area contributed by atoms with Gasteiger partial charge in [0.05, 0.1) is 7.11 Å². The molecule has 2 aromatic rings. The topological polar surface area (TPSA) is 71.6 Å². The summed E-state index contributed by atoms with van der Waals surface area (Å²) in [5.41, 5.74) is 4.95. The highest BCUT2D eigenvalue weighted by Crippen LogP contribution is 2.24. The monoisotopic (exact) mass is 344 g/mol. The number of aromatic amines is 1. The van der Waals surface area contributed by atoms with Crippen molar-refractivity contribution in [3.05, 3.63) is 35.0 Å². The predicted molar refractivity (Wildman–Crippen MR) is 94.8 cm³/mol.